The summed E-state index contributed by atoms with van der Waals surface area (Å²) in [6.45, 7) is 0. The van der Waals surface area contributed by atoms with Crippen LogP contribution in [0.5, 0.6) is 0 Å². The Morgan fingerprint density at radius 1 is 1.33 bits per heavy atom. The quantitative estimate of drug-likeness (QED) is 0.771. The van der Waals surface area contributed by atoms with E-state index < -0.39 is 23.4 Å². The van der Waals surface area contributed by atoms with Gasteiger partial charge in [-0.25, -0.2) is 14.0 Å². The number of hydrogen-bond donors (Lipinski definition) is 3. The predicted octanol–water partition coefficient (Wildman–Crippen LogP) is 2.20. The van der Waals surface area contributed by atoms with Gasteiger partial charge in [0.15, 0.2) is 0 Å². The van der Waals surface area contributed by atoms with Gasteiger partial charge in [0.25, 0.3) is 0 Å². The first kappa shape index (κ1) is 12.3. The number of carbonyl (C=O) groups excluding carboxylic acids is 1. The third-order valence-corrected chi connectivity index (χ3v) is 2.90. The molecule has 1 fully saturated rings. The lowest BCUT2D eigenvalue weighted by molar-refractivity contribution is 0.0692. The largest absolute Gasteiger partial charge is 0.478 e. The number of rotatable bonds is 3. The maximum absolute atomic E-state index is 13.3. The van der Waals surface area contributed by atoms with Crippen LogP contribution < -0.4 is 10.6 Å². The van der Waals surface area contributed by atoms with Gasteiger partial charge >= 0.3 is 12.0 Å². The lowest BCUT2D eigenvalue weighted by Gasteiger charge is -2.26. The molecule has 1 aliphatic rings. The molecule has 0 saturated heterocycles. The summed E-state index contributed by atoms with van der Waals surface area (Å²) in [6, 6.07) is 3.25. The minimum atomic E-state index is -1.34. The smallest absolute Gasteiger partial charge is 0.338 e. The standard InChI is InChI=1S/C12H13FN2O3/c13-10-6-8(4-5-9(10)11(16)17)15-12(18)14-7-2-1-3-7/h4-7H,1-3H2,(H,16,17)(H2,14,15,18). The van der Waals surface area contributed by atoms with Crippen molar-refractivity contribution in [3.8, 4) is 0 Å². The summed E-state index contributed by atoms with van der Waals surface area (Å²) in [5, 5.41) is 13.9. The molecule has 0 radical (unpaired) electrons. The lowest BCUT2D eigenvalue weighted by Crippen LogP contribution is -2.41. The van der Waals surface area contributed by atoms with Crippen molar-refractivity contribution in [1.29, 1.82) is 0 Å². The minimum absolute atomic E-state index is 0.188. The SMILES string of the molecule is O=C(Nc1ccc(C(=O)O)c(F)c1)NC1CCC1. The van der Waals surface area contributed by atoms with E-state index in [0.29, 0.717) is 0 Å². The zero-order valence-corrected chi connectivity index (χ0v) is 9.57. The molecule has 0 heterocycles. The Morgan fingerprint density at radius 2 is 2.06 bits per heavy atom. The predicted molar refractivity (Wildman–Crippen MR) is 63.2 cm³/mol. The second-order valence-electron chi connectivity index (χ2n) is 4.23. The van der Waals surface area contributed by atoms with Crippen LogP contribution in [0.1, 0.15) is 29.6 Å². The molecule has 3 N–H and O–H groups in total. The fourth-order valence-electron chi connectivity index (χ4n) is 1.67. The zero-order valence-electron chi connectivity index (χ0n) is 9.57. The number of nitrogens with one attached hydrogen (secondary N) is 2. The van der Waals surface area contributed by atoms with E-state index in [9.17, 15) is 14.0 Å². The monoisotopic (exact) mass is 252 g/mol. The van der Waals surface area contributed by atoms with Crippen LogP contribution in [0.15, 0.2) is 18.2 Å². The van der Waals surface area contributed by atoms with Crippen molar-refractivity contribution < 1.29 is 19.1 Å². The van der Waals surface area contributed by atoms with Gasteiger partial charge in [0.2, 0.25) is 0 Å². The zero-order chi connectivity index (χ0) is 13.1. The number of carboxylic acid groups (broad SMARTS) is 1. The van der Waals surface area contributed by atoms with Crippen molar-refractivity contribution in [3.63, 3.8) is 0 Å². The normalized spacial score (nSPS) is 14.7. The summed E-state index contributed by atoms with van der Waals surface area (Å²) in [4.78, 5) is 22.1. The molecular formula is C12H13FN2O3. The molecular weight excluding hydrogens is 239 g/mol. The Labute approximate surface area is 103 Å². The summed E-state index contributed by atoms with van der Waals surface area (Å²) in [6.07, 6.45) is 3.02. The first-order valence-corrected chi connectivity index (χ1v) is 5.66. The number of urea groups is 1. The maximum atomic E-state index is 13.3. The summed E-state index contributed by atoms with van der Waals surface area (Å²) in [5.41, 5.74) is -0.186. The number of carbonyl (C=O) groups is 2. The second kappa shape index (κ2) is 5.03. The van der Waals surface area contributed by atoms with Crippen LogP contribution in [0.4, 0.5) is 14.9 Å². The summed E-state index contributed by atoms with van der Waals surface area (Å²) < 4.78 is 13.3. The Kier molecular flexibility index (Phi) is 3.45. The lowest BCUT2D eigenvalue weighted by atomic mass is 9.93. The Balaban J connectivity index is 1.98. The van der Waals surface area contributed by atoms with Crippen molar-refractivity contribution in [2.75, 3.05) is 5.32 Å². The van der Waals surface area contributed by atoms with Crippen LogP contribution in [-0.2, 0) is 0 Å². The van der Waals surface area contributed by atoms with E-state index in [1.165, 1.54) is 6.07 Å². The molecule has 1 aromatic rings. The molecule has 0 aliphatic heterocycles. The molecule has 2 rings (SSSR count). The molecule has 0 atom stereocenters. The molecule has 6 heteroatoms. The van der Waals surface area contributed by atoms with Crippen LogP contribution >= 0.6 is 0 Å². The first-order valence-electron chi connectivity index (χ1n) is 5.66. The number of amides is 2. The number of halogens is 1. The van der Waals surface area contributed by atoms with Gasteiger partial charge in [-0.1, -0.05) is 0 Å². The highest BCUT2D eigenvalue weighted by molar-refractivity contribution is 5.91. The fourth-order valence-corrected chi connectivity index (χ4v) is 1.67. The average molecular weight is 252 g/mol. The minimum Gasteiger partial charge on any atom is -0.478 e. The summed E-state index contributed by atoms with van der Waals surface area (Å²) in [5.74, 6) is -2.21. The topological polar surface area (TPSA) is 78.4 Å². The molecule has 0 bridgehead atoms. The number of benzene rings is 1. The van der Waals surface area contributed by atoms with Crippen molar-refractivity contribution in [3.05, 3.63) is 29.6 Å². The van der Waals surface area contributed by atoms with Gasteiger partial charge in [-0.2, -0.15) is 0 Å². The Hall–Kier alpha value is -2.11. The molecule has 0 aromatic heterocycles. The Morgan fingerprint density at radius 3 is 2.56 bits per heavy atom. The van der Waals surface area contributed by atoms with Crippen molar-refractivity contribution in [2.24, 2.45) is 0 Å². The molecule has 18 heavy (non-hydrogen) atoms. The second-order valence-corrected chi connectivity index (χ2v) is 4.23. The van der Waals surface area contributed by atoms with E-state index >= 15 is 0 Å². The van der Waals surface area contributed by atoms with E-state index in [2.05, 4.69) is 10.6 Å². The van der Waals surface area contributed by atoms with Crippen molar-refractivity contribution >= 4 is 17.7 Å². The maximum Gasteiger partial charge on any atom is 0.338 e. The summed E-state index contributed by atoms with van der Waals surface area (Å²) in [7, 11) is 0. The molecule has 96 valence electrons. The highest BCUT2D eigenvalue weighted by Crippen LogP contribution is 2.18. The van der Waals surface area contributed by atoms with Gasteiger partial charge in [0.05, 0.1) is 5.56 Å². The van der Waals surface area contributed by atoms with Crippen LogP contribution in [0.3, 0.4) is 0 Å². The van der Waals surface area contributed by atoms with E-state index in [1.807, 2.05) is 0 Å². The van der Waals surface area contributed by atoms with E-state index in [1.54, 1.807) is 0 Å². The molecule has 1 saturated carbocycles. The average Bonchev–Trinajstić information content (AvgIpc) is 2.23. The van der Waals surface area contributed by atoms with Gasteiger partial charge in [-0.3, -0.25) is 0 Å². The van der Waals surface area contributed by atoms with Gasteiger partial charge in [0.1, 0.15) is 5.82 Å². The van der Waals surface area contributed by atoms with Crippen molar-refractivity contribution in [1.82, 2.24) is 5.32 Å². The van der Waals surface area contributed by atoms with Gasteiger partial charge in [-0.15, -0.1) is 0 Å². The first-order chi connectivity index (χ1) is 8.56. The van der Waals surface area contributed by atoms with E-state index in [0.717, 1.165) is 31.4 Å². The molecule has 0 unspecified atom stereocenters. The van der Waals surface area contributed by atoms with Crippen LogP contribution in [0, 0.1) is 5.82 Å². The number of hydrogen-bond acceptors (Lipinski definition) is 2. The van der Waals surface area contributed by atoms with Crippen LogP contribution in [-0.4, -0.2) is 23.1 Å². The number of anilines is 1. The highest BCUT2D eigenvalue weighted by atomic mass is 19.1. The Bertz CT molecular complexity index is 486. The van der Waals surface area contributed by atoms with E-state index in [4.69, 9.17) is 5.11 Å². The molecule has 5 nitrogen and oxygen atoms in total. The van der Waals surface area contributed by atoms with Crippen molar-refractivity contribution in [2.45, 2.75) is 25.3 Å². The molecule has 2 amide bonds. The van der Waals surface area contributed by atoms with Crippen LogP contribution in [0.25, 0.3) is 0 Å². The van der Waals surface area contributed by atoms with E-state index in [-0.39, 0.29) is 11.7 Å². The molecule has 0 spiro atoms. The van der Waals surface area contributed by atoms with Gasteiger partial charge in [0, 0.05) is 11.7 Å². The summed E-state index contributed by atoms with van der Waals surface area (Å²) >= 11 is 0. The fraction of sp³-hybridized carbons (Fsp3) is 0.333. The van der Waals surface area contributed by atoms with Crippen LogP contribution in [0.2, 0.25) is 0 Å². The third-order valence-electron chi connectivity index (χ3n) is 2.90. The third kappa shape index (κ3) is 2.77. The highest BCUT2D eigenvalue weighted by Gasteiger charge is 2.19. The van der Waals surface area contributed by atoms with Gasteiger partial charge in [-0.05, 0) is 37.5 Å². The van der Waals surface area contributed by atoms with Gasteiger partial charge < -0.3 is 15.7 Å². The number of carboxylic acids is 1. The number of aromatic carboxylic acids is 1. The molecule has 1 aliphatic carbocycles. The molecule has 1 aromatic carbocycles.